The van der Waals surface area contributed by atoms with Gasteiger partial charge in [-0.2, -0.15) is 0 Å². The van der Waals surface area contributed by atoms with Crippen molar-refractivity contribution in [1.29, 1.82) is 0 Å². The van der Waals surface area contributed by atoms with E-state index in [1.807, 2.05) is 6.92 Å². The van der Waals surface area contributed by atoms with Crippen LogP contribution in [0.2, 0.25) is 5.02 Å². The lowest BCUT2D eigenvalue weighted by Gasteiger charge is -2.64. The monoisotopic (exact) mass is 869 g/mol. The summed E-state index contributed by atoms with van der Waals surface area (Å²) in [6.07, 6.45) is 1.38. The number of nitrogens with two attached hydrogens (primary N) is 1. The van der Waals surface area contributed by atoms with Crippen molar-refractivity contribution in [3.05, 3.63) is 51.5 Å². The smallest absolute Gasteiger partial charge is 0.482 e. The normalized spacial score (nSPS) is 24.0. The van der Waals surface area contributed by atoms with E-state index in [4.69, 9.17) is 40.9 Å². The number of hydrogen-bond donors (Lipinski definition) is 4. The molecule has 2 saturated heterocycles. The van der Waals surface area contributed by atoms with Crippen LogP contribution in [-0.4, -0.2) is 117 Å². The molecule has 5 fully saturated rings. The summed E-state index contributed by atoms with van der Waals surface area (Å²) in [6.45, 7) is 6.51. The molecule has 6 atom stereocenters. The molecule has 2 aromatic rings. The van der Waals surface area contributed by atoms with Gasteiger partial charge in [-0.25, -0.2) is 18.4 Å². The zero-order valence-electron chi connectivity index (χ0n) is 33.4. The molecule has 5 amide bonds. The highest BCUT2D eigenvalue weighted by atomic mass is 35.5. The van der Waals surface area contributed by atoms with E-state index in [-0.39, 0.29) is 90.1 Å². The molecule has 2 heterocycles. The van der Waals surface area contributed by atoms with E-state index in [1.54, 1.807) is 0 Å². The second-order valence-corrected chi connectivity index (χ2v) is 16.1. The van der Waals surface area contributed by atoms with Crippen molar-refractivity contribution in [2.24, 2.45) is 23.0 Å². The number of carbonyl (C=O) groups is 5. The van der Waals surface area contributed by atoms with Gasteiger partial charge in [0.25, 0.3) is 0 Å². The number of imide groups is 1. The molecule has 2 aromatic carbocycles. The highest BCUT2D eigenvalue weighted by molar-refractivity contribution is 6.48. The Morgan fingerprint density at radius 3 is 2.31 bits per heavy atom. The van der Waals surface area contributed by atoms with Gasteiger partial charge in [0, 0.05) is 25.2 Å². The number of hydrogen-bond acceptors (Lipinski definition) is 11. The number of aromatic carboxylic acids is 1. The molecule has 0 spiro atoms. The van der Waals surface area contributed by atoms with Crippen molar-refractivity contribution < 1.29 is 61.4 Å². The summed E-state index contributed by atoms with van der Waals surface area (Å²) in [6, 6.07) is 0.0826. The molecule has 5 N–H and O–H groups in total. The number of benzene rings is 2. The van der Waals surface area contributed by atoms with Crippen LogP contribution in [0, 0.1) is 28.9 Å². The zero-order valence-corrected chi connectivity index (χ0v) is 35.0. The largest absolute Gasteiger partial charge is 0.495 e. The summed E-state index contributed by atoms with van der Waals surface area (Å²) >= 11 is 6.72. The van der Waals surface area contributed by atoms with Gasteiger partial charge in [0.15, 0.2) is 17.3 Å². The minimum atomic E-state index is -1.87. The van der Waals surface area contributed by atoms with E-state index in [1.165, 1.54) is 32.3 Å². The van der Waals surface area contributed by atoms with Crippen molar-refractivity contribution in [2.45, 2.75) is 70.1 Å². The maximum absolute atomic E-state index is 15.6. The molecule has 1 unspecified atom stereocenters. The lowest BCUT2D eigenvalue weighted by atomic mass is 9.43. The van der Waals surface area contributed by atoms with Gasteiger partial charge in [-0.3, -0.25) is 19.3 Å². The molecule has 0 radical (unpaired) electrons. The molecule has 5 aliphatic rings. The number of halogens is 4. The molecule has 0 aromatic heterocycles. The first kappa shape index (κ1) is 45.7. The molecule has 21 heteroatoms. The first-order valence-electron chi connectivity index (χ1n) is 18.9. The lowest BCUT2D eigenvalue weighted by molar-refractivity contribution is -0.199. The van der Waals surface area contributed by atoms with Crippen LogP contribution >= 0.6 is 24.0 Å². The maximum atomic E-state index is 15.6. The Hall–Kier alpha value is -4.43. The highest BCUT2D eigenvalue weighted by Crippen LogP contribution is 2.65. The standard InChI is InChI=1S/C38H47BClF2N5O11.ClH/c1-37(2)19-15-23(37)38(3)24(16-19)57-39(58-38)25(14-18-8-9-21(41)26(35(51)52)29(18)54-4)44-32(48)28(20-17-22(42)30(55-5)31(56-6)27(20)40)45-36(53)47-13-12-46(11-7-10-43)33(49)34(47)50;/h8-9,17,19,23-25,28H,7,10-16,43H2,1-6H3,(H,44,48)(H,45,53)(H,51,52);1H/t19-,23-,24+,25-,28?,38-;/m0./s1. The summed E-state index contributed by atoms with van der Waals surface area (Å²) in [5, 5.41) is 14.8. The molecular formula is C38H48BCl2F2N5O11. The van der Waals surface area contributed by atoms with Gasteiger partial charge in [-0.1, -0.05) is 31.5 Å². The SMILES string of the molecule is COc1c(F)cc(C(NC(=O)N2CCN(CCCN)C(=O)C2=O)C(=O)N[C@@H](Cc2ccc(F)c(C(=O)O)c2OC)B2O[C@@H]3C[C@@H]4C[C@@H](C4(C)C)[C@]3(C)O2)c(Cl)c1OC.Cl. The number of urea groups is 1. The number of methoxy groups -OCH3 is 3. The van der Waals surface area contributed by atoms with Crippen molar-refractivity contribution in [3.63, 3.8) is 0 Å². The molecule has 59 heavy (non-hydrogen) atoms. The summed E-state index contributed by atoms with van der Waals surface area (Å²) in [7, 11) is 2.36. The van der Waals surface area contributed by atoms with Gasteiger partial charge in [0.2, 0.25) is 5.91 Å². The van der Waals surface area contributed by atoms with Crippen molar-refractivity contribution in [1.82, 2.24) is 20.4 Å². The minimum Gasteiger partial charge on any atom is -0.495 e. The van der Waals surface area contributed by atoms with Crippen LogP contribution in [0.3, 0.4) is 0 Å². The van der Waals surface area contributed by atoms with Gasteiger partial charge in [0.1, 0.15) is 23.2 Å². The quantitative estimate of drug-likeness (QED) is 0.159. The van der Waals surface area contributed by atoms with E-state index in [9.17, 15) is 33.5 Å². The van der Waals surface area contributed by atoms with Gasteiger partial charge in [-0.05, 0) is 74.1 Å². The number of carboxylic acids is 1. The van der Waals surface area contributed by atoms with Crippen LogP contribution in [0.1, 0.15) is 67.6 Å². The van der Waals surface area contributed by atoms with Crippen LogP contribution in [0.5, 0.6) is 17.2 Å². The predicted octanol–water partition coefficient (Wildman–Crippen LogP) is 3.53. The Morgan fingerprint density at radius 1 is 1.02 bits per heavy atom. The molecule has 16 nitrogen and oxygen atoms in total. The molecule has 2 bridgehead atoms. The average Bonchev–Trinajstić information content (AvgIpc) is 3.55. The van der Waals surface area contributed by atoms with E-state index in [0.29, 0.717) is 23.7 Å². The molecule has 7 rings (SSSR count). The summed E-state index contributed by atoms with van der Waals surface area (Å²) in [4.78, 5) is 68.8. The van der Waals surface area contributed by atoms with Crippen molar-refractivity contribution in [2.75, 3.05) is 47.5 Å². The number of nitrogens with zero attached hydrogens (tertiary/aromatic N) is 2. The Kier molecular flexibility index (Phi) is 13.7. The fourth-order valence-electron chi connectivity index (χ4n) is 9.02. The maximum Gasteiger partial charge on any atom is 0.482 e. The van der Waals surface area contributed by atoms with E-state index >= 15 is 4.39 Å². The Labute approximate surface area is 351 Å². The topological polar surface area (TPSA) is 208 Å². The lowest BCUT2D eigenvalue weighted by Crippen LogP contribution is -2.65. The fraction of sp³-hybridized carbons (Fsp3) is 0.553. The summed E-state index contributed by atoms with van der Waals surface area (Å²) < 4.78 is 59.5. The van der Waals surface area contributed by atoms with Gasteiger partial charge >= 0.3 is 30.9 Å². The number of ether oxygens (including phenoxy) is 3. The summed E-state index contributed by atoms with van der Waals surface area (Å²) in [5.41, 5.74) is 3.83. The van der Waals surface area contributed by atoms with E-state index in [0.717, 1.165) is 18.6 Å². The number of amides is 5. The van der Waals surface area contributed by atoms with E-state index in [2.05, 4.69) is 24.5 Å². The fourth-order valence-corrected chi connectivity index (χ4v) is 9.35. The zero-order chi connectivity index (χ0) is 42.4. The van der Waals surface area contributed by atoms with Crippen LogP contribution in [0.4, 0.5) is 13.6 Å². The third kappa shape index (κ3) is 8.11. The van der Waals surface area contributed by atoms with E-state index < -0.39 is 77.4 Å². The number of rotatable bonds is 14. The number of carbonyl (C=O) groups excluding carboxylic acids is 4. The Balaban J connectivity index is 0.00000661. The van der Waals surface area contributed by atoms with Gasteiger partial charge < -0.3 is 49.9 Å². The number of piperazine rings is 1. The molecule has 322 valence electrons. The third-order valence-electron chi connectivity index (χ3n) is 12.3. The Bertz CT molecular complexity index is 2020. The van der Waals surface area contributed by atoms with Crippen molar-refractivity contribution >= 4 is 60.8 Å². The average molecular weight is 871 g/mol. The number of carboxylic acid groups (broad SMARTS) is 1. The van der Waals surface area contributed by atoms with Crippen LogP contribution < -0.4 is 30.6 Å². The molecular weight excluding hydrogens is 822 g/mol. The Morgan fingerprint density at radius 2 is 1.69 bits per heavy atom. The van der Waals surface area contributed by atoms with Crippen LogP contribution in [0.25, 0.3) is 0 Å². The summed E-state index contributed by atoms with van der Waals surface area (Å²) in [5.74, 6) is -8.51. The predicted molar refractivity (Wildman–Crippen MR) is 211 cm³/mol. The molecule has 2 aliphatic heterocycles. The first-order valence-corrected chi connectivity index (χ1v) is 19.2. The van der Waals surface area contributed by atoms with Gasteiger partial charge in [-0.15, -0.1) is 12.4 Å². The minimum absolute atomic E-state index is 0. The highest BCUT2D eigenvalue weighted by Gasteiger charge is 2.68. The molecule has 3 aliphatic carbocycles. The second-order valence-electron chi connectivity index (χ2n) is 15.7. The number of nitrogens with one attached hydrogen (secondary N) is 2. The first-order chi connectivity index (χ1) is 27.4. The second kappa shape index (κ2) is 17.7. The van der Waals surface area contributed by atoms with Crippen molar-refractivity contribution in [3.8, 4) is 17.2 Å². The molecule has 3 saturated carbocycles. The van der Waals surface area contributed by atoms with Gasteiger partial charge in [0.05, 0.1) is 44.0 Å². The third-order valence-corrected chi connectivity index (χ3v) is 12.7. The van der Waals surface area contributed by atoms with Crippen LogP contribution in [0.15, 0.2) is 18.2 Å². The van der Waals surface area contributed by atoms with Crippen LogP contribution in [-0.2, 0) is 30.1 Å².